The fourth-order valence-electron chi connectivity index (χ4n) is 21.1. The van der Waals surface area contributed by atoms with Crippen molar-refractivity contribution in [2.75, 3.05) is 4.90 Å². The number of para-hydroxylation sites is 2. The predicted molar refractivity (Wildman–Crippen MR) is 343 cm³/mol. The lowest BCUT2D eigenvalue weighted by Crippen LogP contribution is -2.66. The van der Waals surface area contributed by atoms with Gasteiger partial charge < -0.3 is 9.47 Å². The van der Waals surface area contributed by atoms with Crippen LogP contribution in [0.5, 0.6) is 0 Å². The Morgan fingerprint density at radius 2 is 0.762 bits per heavy atom. The quantitative estimate of drug-likeness (QED) is 0.156. The van der Waals surface area contributed by atoms with Gasteiger partial charge in [0.2, 0.25) is 13.4 Å². The maximum atomic E-state index is 3.01. The topological polar surface area (TPSA) is 8.17 Å². The smallest absolute Gasteiger partial charge is 0.247 e. The van der Waals surface area contributed by atoms with Crippen LogP contribution in [0.1, 0.15) is 174 Å². The Morgan fingerprint density at radius 1 is 0.412 bits per heavy atom. The van der Waals surface area contributed by atoms with E-state index in [4.69, 9.17) is 0 Å². The molecule has 80 heavy (non-hydrogen) atoms. The number of anilines is 3. The zero-order valence-electron chi connectivity index (χ0n) is 50.4. The van der Waals surface area contributed by atoms with E-state index >= 15 is 0 Å². The second-order valence-corrected chi connectivity index (χ2v) is 31.0. The van der Waals surface area contributed by atoms with Gasteiger partial charge >= 0.3 is 0 Å². The molecule has 0 spiro atoms. The fourth-order valence-corrected chi connectivity index (χ4v) is 21.1. The van der Waals surface area contributed by atoms with Crippen LogP contribution in [0.4, 0.5) is 17.1 Å². The number of nitrogens with zero attached hydrogens (tertiary/aromatic N) is 2. The van der Waals surface area contributed by atoms with E-state index in [0.717, 1.165) is 35.5 Å². The molecule has 4 heteroatoms. The first kappa shape index (κ1) is 50.0. The van der Waals surface area contributed by atoms with Gasteiger partial charge in [-0.2, -0.15) is 0 Å². The Labute approximate surface area is 479 Å². The summed E-state index contributed by atoms with van der Waals surface area (Å²) in [6, 6.07) is 46.2. The summed E-state index contributed by atoms with van der Waals surface area (Å²) in [6.07, 6.45) is 16.8. The van der Waals surface area contributed by atoms with Crippen molar-refractivity contribution in [1.82, 2.24) is 4.57 Å². The van der Waals surface area contributed by atoms with E-state index in [2.05, 4.69) is 202 Å². The zero-order valence-corrected chi connectivity index (χ0v) is 50.4. The van der Waals surface area contributed by atoms with Crippen LogP contribution in [0.25, 0.3) is 27.5 Å². The van der Waals surface area contributed by atoms with Crippen molar-refractivity contribution < 1.29 is 0 Å². The highest BCUT2D eigenvalue weighted by atomic mass is 15.2. The molecular formula is C76H84B2N2. The summed E-state index contributed by atoms with van der Waals surface area (Å²) in [5, 5.41) is 2.97. The summed E-state index contributed by atoms with van der Waals surface area (Å²) in [5.74, 6) is 5.14. The monoisotopic (exact) mass is 1050 g/mol. The van der Waals surface area contributed by atoms with Crippen LogP contribution in [-0.4, -0.2) is 18.0 Å². The van der Waals surface area contributed by atoms with E-state index in [-0.39, 0.29) is 35.1 Å². The molecule has 0 saturated heterocycles. The highest BCUT2D eigenvalue weighted by Gasteiger charge is 2.55. The average molecular weight is 1050 g/mol. The van der Waals surface area contributed by atoms with Gasteiger partial charge in [0.1, 0.15) is 0 Å². The highest BCUT2D eigenvalue weighted by molar-refractivity contribution is 7.02. The largest absolute Gasteiger partial charge is 0.313 e. The van der Waals surface area contributed by atoms with Gasteiger partial charge in [0.25, 0.3) is 0 Å². The molecule has 8 bridgehead atoms. The van der Waals surface area contributed by atoms with Crippen LogP contribution < -0.4 is 37.7 Å². The van der Waals surface area contributed by atoms with Gasteiger partial charge in [0.05, 0.1) is 11.0 Å². The Balaban J connectivity index is 1.09. The molecule has 0 N–H and O–H groups in total. The summed E-state index contributed by atoms with van der Waals surface area (Å²) in [5.41, 5.74) is 32.0. The number of hydrogen-bond donors (Lipinski definition) is 0. The molecule has 8 aliphatic carbocycles. The van der Waals surface area contributed by atoms with Crippen LogP contribution in [0, 0.1) is 77.0 Å². The molecule has 2 nitrogen and oxygen atoms in total. The minimum Gasteiger partial charge on any atom is -0.313 e. The van der Waals surface area contributed by atoms with Crippen molar-refractivity contribution in [3.63, 3.8) is 0 Å². The molecule has 7 aromatic carbocycles. The van der Waals surface area contributed by atoms with E-state index in [1.165, 1.54) is 199 Å². The van der Waals surface area contributed by atoms with Crippen molar-refractivity contribution >= 4 is 85.1 Å². The second-order valence-electron chi connectivity index (χ2n) is 31.0. The van der Waals surface area contributed by atoms with Crippen LogP contribution in [0.3, 0.4) is 0 Å². The first-order valence-corrected chi connectivity index (χ1v) is 31.7. The highest BCUT2D eigenvalue weighted by Crippen LogP contribution is 2.64. The van der Waals surface area contributed by atoms with Crippen LogP contribution in [0.2, 0.25) is 0 Å². The van der Waals surface area contributed by atoms with Gasteiger partial charge in [-0.1, -0.05) is 171 Å². The molecule has 18 rings (SSSR count). The molecular weight excluding hydrogens is 962 g/mol. The summed E-state index contributed by atoms with van der Waals surface area (Å²) >= 11 is 0. The molecule has 0 radical (unpaired) electrons. The summed E-state index contributed by atoms with van der Waals surface area (Å²) in [4.78, 5) is 2.77. The maximum absolute atomic E-state index is 3.01. The number of benzene rings is 7. The summed E-state index contributed by atoms with van der Waals surface area (Å²) in [7, 11) is 0. The Morgan fingerprint density at radius 3 is 1.10 bits per heavy atom. The third kappa shape index (κ3) is 7.17. The normalized spacial score (nSPS) is 26.9. The fraction of sp³-hybridized carbons (Fsp3) is 0.447. The molecule has 0 amide bonds. The van der Waals surface area contributed by atoms with Gasteiger partial charge in [-0.15, -0.1) is 0 Å². The number of fused-ring (bicyclic) bond motifs is 7. The third-order valence-electron chi connectivity index (χ3n) is 23.2. The third-order valence-corrected chi connectivity index (χ3v) is 23.2. The van der Waals surface area contributed by atoms with Crippen LogP contribution in [-0.2, 0) is 21.7 Å². The Hall–Kier alpha value is -5.73. The molecule has 1 aromatic heterocycles. The van der Waals surface area contributed by atoms with E-state index in [9.17, 15) is 0 Å². The van der Waals surface area contributed by atoms with Gasteiger partial charge in [0, 0.05) is 33.5 Å². The molecule has 0 unspecified atom stereocenters. The lowest BCUT2D eigenvalue weighted by atomic mass is 9.29. The van der Waals surface area contributed by atoms with E-state index in [0.29, 0.717) is 0 Å². The van der Waals surface area contributed by atoms with Gasteiger partial charge in [0.15, 0.2) is 0 Å². The maximum Gasteiger partial charge on any atom is 0.247 e. The molecule has 3 heterocycles. The van der Waals surface area contributed by atoms with Crippen molar-refractivity contribution in [1.29, 1.82) is 0 Å². The van der Waals surface area contributed by atoms with Crippen LogP contribution in [0.15, 0.2) is 109 Å². The minimum absolute atomic E-state index is 0.0208. The Kier molecular flexibility index (Phi) is 10.6. The molecule has 2 aliphatic heterocycles. The van der Waals surface area contributed by atoms with Gasteiger partial charge in [-0.3, -0.25) is 0 Å². The number of aromatic nitrogens is 1. The molecule has 404 valence electrons. The standard InChI is InChI=1S/C76H84B2N2/c1-43-23-45(3)68(46(4)24-43)77-62-33-55(73(7,8)9)19-21-66(62)80-67-22-20-56(74(10,11)12)34-63(67)78(69-47(5)25-44(2)26-48(69)6)65-36-57(35-64(77)72(65)80)79-70-58(15-13-17-60(70)75-37-49-27-50(38-75)29-51(28-49)39-75)59-16-14-18-61(71(59)79)76-40-52-30-53(41-76)32-54(31-52)42-76/h13-26,33-36,49-54H,27-32,37-42H2,1-12H3. The molecule has 8 fully saturated rings. The average Bonchev–Trinajstić information content (AvgIpc) is 3.94. The van der Waals surface area contributed by atoms with E-state index in [1.807, 2.05) is 0 Å². The summed E-state index contributed by atoms with van der Waals surface area (Å²) in [6.45, 7) is 28.7. The lowest BCUT2D eigenvalue weighted by molar-refractivity contribution is -0.00468. The van der Waals surface area contributed by atoms with Crippen molar-refractivity contribution in [3.05, 3.63) is 165 Å². The lowest BCUT2D eigenvalue weighted by Gasteiger charge is -2.57. The Bertz CT molecular complexity index is 3610. The number of aryl methyl sites for hydroxylation is 6. The first-order chi connectivity index (χ1) is 38.2. The zero-order chi connectivity index (χ0) is 54.8. The number of rotatable bonds is 5. The van der Waals surface area contributed by atoms with Crippen molar-refractivity contribution in [3.8, 4) is 5.69 Å². The van der Waals surface area contributed by atoms with Crippen LogP contribution >= 0.6 is 0 Å². The van der Waals surface area contributed by atoms with E-state index in [1.54, 1.807) is 11.1 Å². The van der Waals surface area contributed by atoms with E-state index < -0.39 is 0 Å². The molecule has 10 aliphatic rings. The van der Waals surface area contributed by atoms with Gasteiger partial charge in [-0.25, -0.2) is 0 Å². The molecule has 8 aromatic rings. The molecule has 0 atom stereocenters. The first-order valence-electron chi connectivity index (χ1n) is 31.7. The minimum atomic E-state index is -0.0263. The van der Waals surface area contributed by atoms with Crippen molar-refractivity contribution in [2.24, 2.45) is 35.5 Å². The predicted octanol–water partition coefficient (Wildman–Crippen LogP) is 15.3. The van der Waals surface area contributed by atoms with Gasteiger partial charge in [-0.05, 0) is 244 Å². The second kappa shape index (κ2) is 16.9. The van der Waals surface area contributed by atoms with Crippen molar-refractivity contribution in [2.45, 2.75) is 182 Å². The number of hydrogen-bond acceptors (Lipinski definition) is 1. The SMILES string of the molecule is Cc1cc(C)c(B2c3cc(C(C)(C)C)ccc3N3c4ccc(C(C)(C)C)cc4B(c4c(C)cc(C)cc4C)c4cc(-n5c6c(C78CC9CC(CC(C9)C7)C8)cccc6c6cccc(C78CC9CC(CC(C9)C7)C8)c65)cc2c43)c(C)c1. The summed E-state index contributed by atoms with van der Waals surface area (Å²) < 4.78 is 3.01. The molecule has 8 saturated carbocycles.